The SMILES string of the molecule is CN=C(NCCc1cccc(F)c1F)NCc1ccc(F)c(C)c1. The predicted molar refractivity (Wildman–Crippen MR) is 89.4 cm³/mol. The molecule has 6 heteroatoms. The third kappa shape index (κ3) is 4.75. The quantitative estimate of drug-likeness (QED) is 0.650. The zero-order valence-corrected chi connectivity index (χ0v) is 13.7. The van der Waals surface area contributed by atoms with Gasteiger partial charge < -0.3 is 10.6 Å². The summed E-state index contributed by atoms with van der Waals surface area (Å²) in [6.07, 6.45) is 0.333. The number of halogens is 3. The van der Waals surface area contributed by atoms with Gasteiger partial charge in [-0.15, -0.1) is 0 Å². The van der Waals surface area contributed by atoms with Gasteiger partial charge >= 0.3 is 0 Å². The van der Waals surface area contributed by atoms with Crippen molar-refractivity contribution in [2.24, 2.45) is 4.99 Å². The van der Waals surface area contributed by atoms with E-state index in [1.807, 2.05) is 0 Å². The normalized spacial score (nSPS) is 11.5. The smallest absolute Gasteiger partial charge is 0.191 e. The molecule has 0 aliphatic heterocycles. The topological polar surface area (TPSA) is 36.4 Å². The first-order valence-electron chi connectivity index (χ1n) is 7.63. The zero-order chi connectivity index (χ0) is 17.5. The Hall–Kier alpha value is -2.50. The molecular formula is C18H20F3N3. The lowest BCUT2D eigenvalue weighted by Gasteiger charge is -2.12. The Labute approximate surface area is 139 Å². The van der Waals surface area contributed by atoms with Crippen LogP contribution in [0.2, 0.25) is 0 Å². The van der Waals surface area contributed by atoms with E-state index in [1.165, 1.54) is 12.1 Å². The van der Waals surface area contributed by atoms with Crippen molar-refractivity contribution in [1.82, 2.24) is 10.6 Å². The lowest BCUT2D eigenvalue weighted by atomic mass is 10.1. The van der Waals surface area contributed by atoms with Crippen molar-refractivity contribution in [3.63, 3.8) is 0 Å². The second-order valence-electron chi connectivity index (χ2n) is 5.40. The maximum Gasteiger partial charge on any atom is 0.191 e. The summed E-state index contributed by atoms with van der Waals surface area (Å²) in [6, 6.07) is 9.02. The van der Waals surface area contributed by atoms with Crippen molar-refractivity contribution >= 4 is 5.96 Å². The molecule has 0 aromatic heterocycles. The Morgan fingerprint density at radius 3 is 2.54 bits per heavy atom. The number of nitrogens with zero attached hydrogens (tertiary/aromatic N) is 1. The standard InChI is InChI=1S/C18H20F3N3/c1-12-10-13(6-7-15(12)19)11-24-18(22-2)23-9-8-14-4-3-5-16(20)17(14)21/h3-7,10H,8-9,11H2,1-2H3,(H2,22,23,24). The van der Waals surface area contributed by atoms with Gasteiger partial charge in [0.15, 0.2) is 17.6 Å². The molecule has 0 amide bonds. The van der Waals surface area contributed by atoms with Crippen molar-refractivity contribution in [2.45, 2.75) is 19.9 Å². The van der Waals surface area contributed by atoms with Crippen LogP contribution < -0.4 is 10.6 Å². The molecule has 2 aromatic rings. The van der Waals surface area contributed by atoms with Crippen molar-refractivity contribution in [3.05, 3.63) is 70.5 Å². The van der Waals surface area contributed by atoms with E-state index in [4.69, 9.17) is 0 Å². The van der Waals surface area contributed by atoms with Gasteiger partial charge in [-0.2, -0.15) is 0 Å². The molecule has 0 spiro atoms. The molecule has 0 aliphatic carbocycles. The Morgan fingerprint density at radius 2 is 1.83 bits per heavy atom. The van der Waals surface area contributed by atoms with Crippen LogP contribution in [0.15, 0.2) is 41.4 Å². The minimum absolute atomic E-state index is 0.238. The third-order valence-electron chi connectivity index (χ3n) is 3.62. The van der Waals surface area contributed by atoms with Gasteiger partial charge in [0, 0.05) is 20.1 Å². The number of nitrogens with one attached hydrogen (secondary N) is 2. The van der Waals surface area contributed by atoms with Gasteiger partial charge in [-0.05, 0) is 42.2 Å². The van der Waals surface area contributed by atoms with Gasteiger partial charge in [0.05, 0.1) is 0 Å². The first kappa shape index (κ1) is 17.8. The maximum absolute atomic E-state index is 13.6. The fourth-order valence-corrected chi connectivity index (χ4v) is 2.28. The predicted octanol–water partition coefficient (Wildman–Crippen LogP) is 3.32. The summed E-state index contributed by atoms with van der Waals surface area (Å²) in [5.74, 6) is -1.36. The van der Waals surface area contributed by atoms with E-state index in [0.717, 1.165) is 11.6 Å². The molecule has 2 N–H and O–H groups in total. The van der Waals surface area contributed by atoms with E-state index in [1.54, 1.807) is 32.2 Å². The van der Waals surface area contributed by atoms with E-state index >= 15 is 0 Å². The summed E-state index contributed by atoms with van der Waals surface area (Å²) in [7, 11) is 1.62. The number of benzene rings is 2. The number of rotatable bonds is 5. The van der Waals surface area contributed by atoms with Crippen LogP contribution >= 0.6 is 0 Å². The van der Waals surface area contributed by atoms with E-state index in [9.17, 15) is 13.2 Å². The minimum Gasteiger partial charge on any atom is -0.356 e. The van der Waals surface area contributed by atoms with Crippen LogP contribution in [-0.4, -0.2) is 19.6 Å². The minimum atomic E-state index is -0.846. The first-order valence-corrected chi connectivity index (χ1v) is 7.63. The Bertz CT molecular complexity index is 729. The van der Waals surface area contributed by atoms with Gasteiger partial charge in [-0.3, -0.25) is 4.99 Å². The van der Waals surface area contributed by atoms with Gasteiger partial charge in [-0.1, -0.05) is 24.3 Å². The first-order chi connectivity index (χ1) is 11.5. The largest absolute Gasteiger partial charge is 0.356 e. The molecule has 0 radical (unpaired) electrons. The highest BCUT2D eigenvalue weighted by Crippen LogP contribution is 2.11. The molecule has 128 valence electrons. The van der Waals surface area contributed by atoms with Crippen molar-refractivity contribution in [1.29, 1.82) is 0 Å². The van der Waals surface area contributed by atoms with E-state index < -0.39 is 11.6 Å². The van der Waals surface area contributed by atoms with E-state index in [-0.39, 0.29) is 5.82 Å². The summed E-state index contributed by atoms with van der Waals surface area (Å²) in [5, 5.41) is 6.13. The van der Waals surface area contributed by atoms with Crippen LogP contribution in [0.1, 0.15) is 16.7 Å². The molecule has 0 unspecified atom stereocenters. The fourth-order valence-electron chi connectivity index (χ4n) is 2.28. The van der Waals surface area contributed by atoms with Crippen LogP contribution in [0.4, 0.5) is 13.2 Å². The summed E-state index contributed by atoms with van der Waals surface area (Å²) < 4.78 is 39.9. The van der Waals surface area contributed by atoms with E-state index in [2.05, 4.69) is 15.6 Å². The molecule has 0 saturated heterocycles. The molecule has 0 saturated carbocycles. The number of guanidine groups is 1. The zero-order valence-electron chi connectivity index (χ0n) is 13.7. The molecular weight excluding hydrogens is 315 g/mol. The monoisotopic (exact) mass is 335 g/mol. The van der Waals surface area contributed by atoms with Crippen molar-refractivity contribution < 1.29 is 13.2 Å². The fraction of sp³-hybridized carbons (Fsp3) is 0.278. The van der Waals surface area contributed by atoms with E-state index in [0.29, 0.717) is 36.6 Å². The molecule has 24 heavy (non-hydrogen) atoms. The van der Waals surface area contributed by atoms with Gasteiger partial charge in [0.25, 0.3) is 0 Å². The lowest BCUT2D eigenvalue weighted by molar-refractivity contribution is 0.498. The lowest BCUT2D eigenvalue weighted by Crippen LogP contribution is -2.38. The van der Waals surface area contributed by atoms with Gasteiger partial charge in [-0.25, -0.2) is 13.2 Å². The Balaban J connectivity index is 1.84. The van der Waals surface area contributed by atoms with Crippen LogP contribution in [0.5, 0.6) is 0 Å². The van der Waals surface area contributed by atoms with Crippen LogP contribution in [0.3, 0.4) is 0 Å². The van der Waals surface area contributed by atoms with Crippen LogP contribution in [0, 0.1) is 24.4 Å². The summed E-state index contributed by atoms with van der Waals surface area (Å²) in [4.78, 5) is 4.07. The molecule has 2 rings (SSSR count). The van der Waals surface area contributed by atoms with Gasteiger partial charge in [0.2, 0.25) is 0 Å². The molecule has 0 aliphatic rings. The summed E-state index contributed by atoms with van der Waals surface area (Å²) in [6.45, 7) is 2.59. The number of aliphatic imine (C=N–C) groups is 1. The number of aryl methyl sites for hydroxylation is 1. The molecule has 0 heterocycles. The average molecular weight is 335 g/mol. The average Bonchev–Trinajstić information content (AvgIpc) is 2.57. The maximum atomic E-state index is 13.6. The second-order valence-corrected chi connectivity index (χ2v) is 5.40. The van der Waals surface area contributed by atoms with Crippen molar-refractivity contribution in [2.75, 3.05) is 13.6 Å². The molecule has 2 aromatic carbocycles. The molecule has 3 nitrogen and oxygen atoms in total. The van der Waals surface area contributed by atoms with Crippen molar-refractivity contribution in [3.8, 4) is 0 Å². The summed E-state index contributed by atoms with van der Waals surface area (Å²) in [5.41, 5.74) is 1.82. The summed E-state index contributed by atoms with van der Waals surface area (Å²) >= 11 is 0. The van der Waals surface area contributed by atoms with Crippen LogP contribution in [0.25, 0.3) is 0 Å². The highest BCUT2D eigenvalue weighted by Gasteiger charge is 2.07. The molecule has 0 atom stereocenters. The molecule has 0 bridgehead atoms. The van der Waals surface area contributed by atoms with Crippen LogP contribution in [-0.2, 0) is 13.0 Å². The number of hydrogen-bond donors (Lipinski definition) is 2. The third-order valence-corrected chi connectivity index (χ3v) is 3.62. The highest BCUT2D eigenvalue weighted by molar-refractivity contribution is 5.79. The highest BCUT2D eigenvalue weighted by atomic mass is 19.2. The second kappa shape index (κ2) is 8.38. The Morgan fingerprint density at radius 1 is 1.04 bits per heavy atom. The number of hydrogen-bond acceptors (Lipinski definition) is 1. The Kier molecular flexibility index (Phi) is 6.23. The van der Waals surface area contributed by atoms with Gasteiger partial charge in [0.1, 0.15) is 5.82 Å². The molecule has 0 fully saturated rings.